The average Bonchev–Trinajstić information content (AvgIpc) is 2.94. The quantitative estimate of drug-likeness (QED) is 0.823. The molecule has 2 aliphatic rings. The van der Waals surface area contributed by atoms with Gasteiger partial charge in [0.1, 0.15) is 6.10 Å². The Morgan fingerprint density at radius 1 is 1.43 bits per heavy atom. The molecule has 0 amide bonds. The third kappa shape index (κ3) is 3.68. The summed E-state index contributed by atoms with van der Waals surface area (Å²) in [5.41, 5.74) is 8.17. The molecular formula is C18H26N2O3. The molecule has 0 saturated heterocycles. The second kappa shape index (κ2) is 7.34. The van der Waals surface area contributed by atoms with E-state index < -0.39 is 6.10 Å². The summed E-state index contributed by atoms with van der Waals surface area (Å²) >= 11 is 0. The van der Waals surface area contributed by atoms with Gasteiger partial charge in [0, 0.05) is 38.0 Å². The van der Waals surface area contributed by atoms with Gasteiger partial charge < -0.3 is 20.3 Å². The number of hydrogen-bond acceptors (Lipinski definition) is 5. The fourth-order valence-corrected chi connectivity index (χ4v) is 3.38. The predicted octanol–water partition coefficient (Wildman–Crippen LogP) is 1.47. The Kier molecular flexibility index (Phi) is 5.20. The van der Waals surface area contributed by atoms with Crippen LogP contribution in [0.15, 0.2) is 24.3 Å². The lowest BCUT2D eigenvalue weighted by Crippen LogP contribution is -2.26. The minimum absolute atomic E-state index is 0.00953. The molecule has 0 aliphatic carbocycles. The topological polar surface area (TPSA) is 68.0 Å². The van der Waals surface area contributed by atoms with Crippen LogP contribution in [0, 0.1) is 0 Å². The summed E-state index contributed by atoms with van der Waals surface area (Å²) in [5.74, 6) is 1.63. The summed E-state index contributed by atoms with van der Waals surface area (Å²) in [7, 11) is 1.67. The largest absolute Gasteiger partial charge is 0.493 e. The van der Waals surface area contributed by atoms with Crippen LogP contribution in [0.4, 0.5) is 0 Å². The summed E-state index contributed by atoms with van der Waals surface area (Å²) in [4.78, 5) is 2.36. The lowest BCUT2D eigenvalue weighted by Gasteiger charge is -2.22. The second-order valence-electron chi connectivity index (χ2n) is 6.29. The number of benzene rings is 1. The van der Waals surface area contributed by atoms with Crippen LogP contribution in [-0.2, 0) is 13.0 Å². The zero-order valence-corrected chi connectivity index (χ0v) is 13.7. The van der Waals surface area contributed by atoms with E-state index >= 15 is 0 Å². The van der Waals surface area contributed by atoms with Gasteiger partial charge in [-0.05, 0) is 24.6 Å². The molecule has 2 bridgehead atoms. The van der Waals surface area contributed by atoms with Crippen molar-refractivity contribution in [3.63, 3.8) is 0 Å². The highest BCUT2D eigenvalue weighted by atomic mass is 16.5. The molecule has 0 fully saturated rings. The number of methoxy groups -OCH3 is 1. The van der Waals surface area contributed by atoms with Crippen LogP contribution >= 0.6 is 0 Å². The molecule has 126 valence electrons. The van der Waals surface area contributed by atoms with Gasteiger partial charge in [0.25, 0.3) is 0 Å². The van der Waals surface area contributed by atoms with E-state index in [0.29, 0.717) is 13.0 Å². The molecule has 1 aromatic carbocycles. The van der Waals surface area contributed by atoms with Crippen molar-refractivity contribution in [1.82, 2.24) is 4.90 Å². The highest BCUT2D eigenvalue weighted by Crippen LogP contribution is 2.41. The van der Waals surface area contributed by atoms with Crippen molar-refractivity contribution in [2.45, 2.75) is 38.0 Å². The third-order valence-electron chi connectivity index (χ3n) is 4.56. The first-order chi connectivity index (χ1) is 11.2. The van der Waals surface area contributed by atoms with Gasteiger partial charge in [-0.2, -0.15) is 0 Å². The van der Waals surface area contributed by atoms with Crippen LogP contribution in [0.5, 0.6) is 11.5 Å². The van der Waals surface area contributed by atoms with Crippen LogP contribution in [0.3, 0.4) is 0 Å². The van der Waals surface area contributed by atoms with E-state index in [2.05, 4.69) is 17.0 Å². The molecule has 2 aliphatic heterocycles. The number of rotatable bonds is 4. The summed E-state index contributed by atoms with van der Waals surface area (Å²) < 4.78 is 11.5. The SMILES string of the molecule is COc1ccc2c3c1OC(C3)C[C@@H](O)/C=C/CN(CCCN)C2. The maximum absolute atomic E-state index is 10.2. The number of aliphatic hydroxyl groups is 1. The van der Waals surface area contributed by atoms with Gasteiger partial charge in [0.2, 0.25) is 0 Å². The Bertz CT molecular complexity index is 574. The molecule has 0 saturated carbocycles. The van der Waals surface area contributed by atoms with Gasteiger partial charge in [0.15, 0.2) is 11.5 Å². The number of aliphatic hydroxyl groups excluding tert-OH is 1. The predicted molar refractivity (Wildman–Crippen MR) is 89.8 cm³/mol. The minimum Gasteiger partial charge on any atom is -0.493 e. The second-order valence-corrected chi connectivity index (χ2v) is 6.29. The normalized spacial score (nSPS) is 25.5. The smallest absolute Gasteiger partial charge is 0.165 e. The Labute approximate surface area is 137 Å². The number of fused-ring (bicyclic) bond motifs is 1. The maximum Gasteiger partial charge on any atom is 0.165 e. The summed E-state index contributed by atoms with van der Waals surface area (Å²) in [5, 5.41) is 10.2. The first-order valence-electron chi connectivity index (χ1n) is 8.33. The number of nitrogens with two attached hydrogens (primary N) is 1. The molecule has 23 heavy (non-hydrogen) atoms. The molecule has 5 nitrogen and oxygen atoms in total. The summed E-state index contributed by atoms with van der Waals surface area (Å²) in [6.45, 7) is 3.32. The monoisotopic (exact) mass is 318 g/mol. The van der Waals surface area contributed by atoms with Gasteiger partial charge in [0.05, 0.1) is 13.2 Å². The fraction of sp³-hybridized carbons (Fsp3) is 0.556. The van der Waals surface area contributed by atoms with E-state index in [4.69, 9.17) is 15.2 Å². The molecule has 1 aromatic rings. The van der Waals surface area contributed by atoms with Crippen molar-refractivity contribution in [2.24, 2.45) is 5.73 Å². The molecule has 2 atom stereocenters. The first-order valence-corrected chi connectivity index (χ1v) is 8.33. The van der Waals surface area contributed by atoms with Gasteiger partial charge in [-0.25, -0.2) is 0 Å². The standard InChI is InChI=1S/C18H26N2O3/c1-22-17-6-5-13-12-20(9-3-7-19)8-2-4-14(21)10-15-11-16(13)18(17)23-15/h2,4-6,14-15,21H,3,7-12,19H2,1H3/b4-2+/t14-,15?/m0/s1. The van der Waals surface area contributed by atoms with Crippen molar-refractivity contribution in [3.8, 4) is 11.5 Å². The molecule has 5 heteroatoms. The Morgan fingerprint density at radius 3 is 3.09 bits per heavy atom. The van der Waals surface area contributed by atoms with E-state index in [9.17, 15) is 5.11 Å². The van der Waals surface area contributed by atoms with Crippen molar-refractivity contribution >= 4 is 0 Å². The van der Waals surface area contributed by atoms with Crippen molar-refractivity contribution in [3.05, 3.63) is 35.4 Å². The van der Waals surface area contributed by atoms with Gasteiger partial charge in [-0.15, -0.1) is 0 Å². The molecule has 3 rings (SSSR count). The lowest BCUT2D eigenvalue weighted by atomic mass is 10.00. The number of ether oxygens (including phenoxy) is 2. The first kappa shape index (κ1) is 16.3. The van der Waals surface area contributed by atoms with Crippen LogP contribution in [0.2, 0.25) is 0 Å². The fourth-order valence-electron chi connectivity index (χ4n) is 3.38. The zero-order valence-electron chi connectivity index (χ0n) is 13.7. The van der Waals surface area contributed by atoms with Crippen molar-refractivity contribution in [1.29, 1.82) is 0 Å². The zero-order chi connectivity index (χ0) is 16.2. The van der Waals surface area contributed by atoms with Crippen molar-refractivity contribution < 1.29 is 14.6 Å². The molecule has 0 radical (unpaired) electrons. The van der Waals surface area contributed by atoms with Crippen LogP contribution in [0.1, 0.15) is 24.0 Å². The Hall–Kier alpha value is -1.56. The molecule has 0 aromatic heterocycles. The summed E-state index contributed by atoms with van der Waals surface area (Å²) in [6.07, 6.45) is 5.87. The van der Waals surface area contributed by atoms with Crippen LogP contribution < -0.4 is 15.2 Å². The van der Waals surface area contributed by atoms with Gasteiger partial charge in [-0.1, -0.05) is 18.2 Å². The molecular weight excluding hydrogens is 292 g/mol. The summed E-state index contributed by atoms with van der Waals surface area (Å²) in [6, 6.07) is 4.12. The minimum atomic E-state index is -0.474. The number of hydrogen-bond donors (Lipinski definition) is 2. The highest BCUT2D eigenvalue weighted by molar-refractivity contribution is 5.53. The molecule has 1 unspecified atom stereocenters. The van der Waals surface area contributed by atoms with E-state index in [1.165, 1.54) is 11.1 Å². The highest BCUT2D eigenvalue weighted by Gasteiger charge is 2.30. The third-order valence-corrected chi connectivity index (χ3v) is 4.56. The van der Waals surface area contributed by atoms with Crippen LogP contribution in [-0.4, -0.2) is 49.0 Å². The van der Waals surface area contributed by atoms with E-state index in [1.54, 1.807) is 7.11 Å². The number of nitrogens with zero attached hydrogens (tertiary/aromatic N) is 1. The van der Waals surface area contributed by atoms with E-state index in [1.807, 2.05) is 12.1 Å². The van der Waals surface area contributed by atoms with Gasteiger partial charge in [-0.3, -0.25) is 4.90 Å². The Morgan fingerprint density at radius 2 is 2.30 bits per heavy atom. The van der Waals surface area contributed by atoms with Gasteiger partial charge >= 0.3 is 0 Å². The molecule has 3 N–H and O–H groups in total. The van der Waals surface area contributed by atoms with E-state index in [0.717, 1.165) is 44.0 Å². The van der Waals surface area contributed by atoms with Crippen molar-refractivity contribution in [2.75, 3.05) is 26.7 Å². The molecule has 2 heterocycles. The van der Waals surface area contributed by atoms with E-state index in [-0.39, 0.29) is 6.10 Å². The molecule has 0 spiro atoms. The van der Waals surface area contributed by atoms with Crippen LogP contribution in [0.25, 0.3) is 0 Å². The maximum atomic E-state index is 10.2. The average molecular weight is 318 g/mol. The Balaban J connectivity index is 1.92. The lowest BCUT2D eigenvalue weighted by molar-refractivity contribution is 0.133.